The molecule has 0 radical (unpaired) electrons. The number of urea groups is 1. The highest BCUT2D eigenvalue weighted by Crippen LogP contribution is 2.34. The van der Waals surface area contributed by atoms with Gasteiger partial charge in [-0.3, -0.25) is 0 Å². The number of nitrogens with zero attached hydrogens (tertiary/aromatic N) is 1. The SMILES string of the molecule is CCOc1ccc(F)cc1NC(=O)NC1CC2CCC(C1)N2C. The lowest BCUT2D eigenvalue weighted by Gasteiger charge is -2.36. The van der Waals surface area contributed by atoms with Crippen molar-refractivity contribution in [3.05, 3.63) is 24.0 Å². The highest BCUT2D eigenvalue weighted by molar-refractivity contribution is 5.91. The van der Waals surface area contributed by atoms with Gasteiger partial charge in [-0.05, 0) is 51.8 Å². The summed E-state index contributed by atoms with van der Waals surface area (Å²) in [5.41, 5.74) is 0.361. The van der Waals surface area contributed by atoms with Crippen molar-refractivity contribution in [1.29, 1.82) is 0 Å². The van der Waals surface area contributed by atoms with Gasteiger partial charge in [0, 0.05) is 24.2 Å². The fourth-order valence-electron chi connectivity index (χ4n) is 3.75. The molecule has 2 aliphatic heterocycles. The molecule has 2 saturated heterocycles. The van der Waals surface area contributed by atoms with E-state index >= 15 is 0 Å². The van der Waals surface area contributed by atoms with E-state index in [1.807, 2.05) is 6.92 Å². The number of fused-ring (bicyclic) bond motifs is 2. The summed E-state index contributed by atoms with van der Waals surface area (Å²) in [7, 11) is 2.17. The summed E-state index contributed by atoms with van der Waals surface area (Å²) < 4.78 is 18.8. The van der Waals surface area contributed by atoms with Crippen LogP contribution in [0, 0.1) is 5.82 Å². The van der Waals surface area contributed by atoms with Crippen LogP contribution in [0.15, 0.2) is 18.2 Å². The topological polar surface area (TPSA) is 53.6 Å². The van der Waals surface area contributed by atoms with E-state index in [9.17, 15) is 9.18 Å². The van der Waals surface area contributed by atoms with Gasteiger partial charge in [0.25, 0.3) is 0 Å². The monoisotopic (exact) mass is 321 g/mol. The molecular formula is C17H24FN3O2. The molecule has 0 saturated carbocycles. The number of benzene rings is 1. The number of piperidine rings is 1. The van der Waals surface area contributed by atoms with Crippen LogP contribution in [0.25, 0.3) is 0 Å². The van der Waals surface area contributed by atoms with Crippen molar-refractivity contribution in [2.45, 2.75) is 50.7 Å². The number of ether oxygens (including phenoxy) is 1. The van der Waals surface area contributed by atoms with Crippen molar-refractivity contribution in [1.82, 2.24) is 10.2 Å². The van der Waals surface area contributed by atoms with Crippen LogP contribution in [-0.4, -0.2) is 42.7 Å². The maximum Gasteiger partial charge on any atom is 0.319 e. The molecule has 0 aromatic heterocycles. The Bertz CT molecular complexity index is 567. The van der Waals surface area contributed by atoms with Crippen molar-refractivity contribution in [2.75, 3.05) is 19.0 Å². The third kappa shape index (κ3) is 3.58. The van der Waals surface area contributed by atoms with Crippen LogP contribution in [0.1, 0.15) is 32.6 Å². The Labute approximate surface area is 136 Å². The van der Waals surface area contributed by atoms with Gasteiger partial charge in [0.2, 0.25) is 0 Å². The molecule has 5 nitrogen and oxygen atoms in total. The molecule has 3 rings (SSSR count). The minimum absolute atomic E-state index is 0.174. The van der Waals surface area contributed by atoms with Gasteiger partial charge in [-0.25, -0.2) is 9.18 Å². The molecule has 2 N–H and O–H groups in total. The van der Waals surface area contributed by atoms with E-state index in [0.29, 0.717) is 30.1 Å². The van der Waals surface area contributed by atoms with E-state index in [1.54, 1.807) is 0 Å². The average Bonchev–Trinajstić information content (AvgIpc) is 2.72. The van der Waals surface area contributed by atoms with E-state index < -0.39 is 5.82 Å². The van der Waals surface area contributed by atoms with Gasteiger partial charge in [0.15, 0.2) is 0 Å². The first-order chi connectivity index (χ1) is 11.1. The molecule has 2 heterocycles. The number of anilines is 1. The maximum atomic E-state index is 13.4. The molecular weight excluding hydrogens is 297 g/mol. The number of carbonyl (C=O) groups excluding carboxylic acids is 1. The third-order valence-electron chi connectivity index (χ3n) is 4.92. The summed E-state index contributed by atoms with van der Waals surface area (Å²) >= 11 is 0. The van der Waals surface area contributed by atoms with Crippen molar-refractivity contribution in [2.24, 2.45) is 0 Å². The first-order valence-corrected chi connectivity index (χ1v) is 8.28. The largest absolute Gasteiger partial charge is 0.492 e. The predicted molar refractivity (Wildman–Crippen MR) is 87.3 cm³/mol. The van der Waals surface area contributed by atoms with E-state index in [-0.39, 0.29) is 12.1 Å². The number of hydrogen-bond acceptors (Lipinski definition) is 3. The first kappa shape index (κ1) is 16.1. The summed E-state index contributed by atoms with van der Waals surface area (Å²) in [6, 6.07) is 5.13. The van der Waals surface area contributed by atoms with Crippen molar-refractivity contribution in [3.63, 3.8) is 0 Å². The number of nitrogens with one attached hydrogen (secondary N) is 2. The molecule has 2 amide bonds. The zero-order chi connectivity index (χ0) is 16.4. The Morgan fingerprint density at radius 1 is 1.35 bits per heavy atom. The Morgan fingerprint density at radius 2 is 2.04 bits per heavy atom. The maximum absolute atomic E-state index is 13.4. The third-order valence-corrected chi connectivity index (χ3v) is 4.92. The summed E-state index contributed by atoms with van der Waals surface area (Å²) in [4.78, 5) is 14.7. The Balaban J connectivity index is 1.61. The summed E-state index contributed by atoms with van der Waals surface area (Å²) in [6.45, 7) is 2.31. The fraction of sp³-hybridized carbons (Fsp3) is 0.588. The Morgan fingerprint density at radius 3 is 2.70 bits per heavy atom. The van der Waals surface area contributed by atoms with E-state index in [2.05, 4.69) is 22.6 Å². The van der Waals surface area contributed by atoms with Gasteiger partial charge in [0.1, 0.15) is 11.6 Å². The lowest BCUT2D eigenvalue weighted by molar-refractivity contribution is 0.151. The van der Waals surface area contributed by atoms with Gasteiger partial charge in [-0.2, -0.15) is 0 Å². The zero-order valence-corrected chi connectivity index (χ0v) is 13.6. The van der Waals surface area contributed by atoms with Gasteiger partial charge in [-0.15, -0.1) is 0 Å². The summed E-state index contributed by atoms with van der Waals surface area (Å²) in [5, 5.41) is 5.74. The minimum atomic E-state index is -0.402. The Kier molecular flexibility index (Phi) is 4.71. The number of amides is 2. The molecule has 2 fully saturated rings. The molecule has 23 heavy (non-hydrogen) atoms. The number of hydrogen-bond donors (Lipinski definition) is 2. The van der Waals surface area contributed by atoms with Crippen LogP contribution < -0.4 is 15.4 Å². The Hall–Kier alpha value is -1.82. The molecule has 6 heteroatoms. The average molecular weight is 321 g/mol. The number of carbonyl (C=O) groups is 1. The molecule has 0 spiro atoms. The minimum Gasteiger partial charge on any atom is -0.492 e. The lowest BCUT2D eigenvalue weighted by Crippen LogP contribution is -2.49. The van der Waals surface area contributed by atoms with E-state index in [0.717, 1.165) is 12.8 Å². The smallest absolute Gasteiger partial charge is 0.319 e. The van der Waals surface area contributed by atoms with Gasteiger partial charge in [0.05, 0.1) is 12.3 Å². The normalized spacial score (nSPS) is 26.8. The second-order valence-corrected chi connectivity index (χ2v) is 6.39. The van der Waals surface area contributed by atoms with Crippen LogP contribution in [-0.2, 0) is 0 Å². The van der Waals surface area contributed by atoms with Crippen molar-refractivity contribution >= 4 is 11.7 Å². The van der Waals surface area contributed by atoms with E-state index in [1.165, 1.54) is 31.0 Å². The van der Waals surface area contributed by atoms with Gasteiger partial charge < -0.3 is 20.3 Å². The molecule has 1 aromatic rings. The van der Waals surface area contributed by atoms with Crippen LogP contribution in [0.5, 0.6) is 5.75 Å². The second kappa shape index (κ2) is 6.74. The lowest BCUT2D eigenvalue weighted by atomic mass is 9.98. The number of rotatable bonds is 4. The van der Waals surface area contributed by atoms with Crippen LogP contribution >= 0.6 is 0 Å². The highest BCUT2D eigenvalue weighted by atomic mass is 19.1. The summed E-state index contributed by atoms with van der Waals surface area (Å²) in [5.74, 6) is 0.0774. The first-order valence-electron chi connectivity index (χ1n) is 8.28. The van der Waals surface area contributed by atoms with Crippen molar-refractivity contribution in [3.8, 4) is 5.75 Å². The molecule has 2 aliphatic rings. The van der Waals surface area contributed by atoms with E-state index in [4.69, 9.17) is 4.74 Å². The van der Waals surface area contributed by atoms with Gasteiger partial charge in [-0.1, -0.05) is 0 Å². The van der Waals surface area contributed by atoms with Crippen LogP contribution in [0.4, 0.5) is 14.9 Å². The molecule has 2 bridgehead atoms. The predicted octanol–water partition coefficient (Wildman–Crippen LogP) is 2.97. The number of halogens is 1. The van der Waals surface area contributed by atoms with Crippen molar-refractivity contribution < 1.29 is 13.9 Å². The molecule has 1 aromatic carbocycles. The zero-order valence-electron chi connectivity index (χ0n) is 13.6. The summed E-state index contributed by atoms with van der Waals surface area (Å²) in [6.07, 6.45) is 4.36. The standard InChI is InChI=1S/C17H24FN3O2/c1-3-23-16-7-4-11(18)8-15(16)20-17(22)19-12-9-13-5-6-14(10-12)21(13)2/h4,7-8,12-14H,3,5-6,9-10H2,1-2H3,(H2,19,20,22). The van der Waals surface area contributed by atoms with Crippen LogP contribution in [0.3, 0.4) is 0 Å². The quantitative estimate of drug-likeness (QED) is 0.896. The second-order valence-electron chi connectivity index (χ2n) is 6.39. The van der Waals surface area contributed by atoms with Gasteiger partial charge >= 0.3 is 6.03 Å². The molecule has 126 valence electrons. The fourth-order valence-corrected chi connectivity index (χ4v) is 3.75. The highest BCUT2D eigenvalue weighted by Gasteiger charge is 2.38. The molecule has 2 unspecified atom stereocenters. The molecule has 2 atom stereocenters. The molecule has 0 aliphatic carbocycles. The van der Waals surface area contributed by atoms with Crippen LogP contribution in [0.2, 0.25) is 0 Å².